The molecule has 0 saturated heterocycles. The first-order valence-corrected chi connectivity index (χ1v) is 6.79. The molecule has 21 heavy (non-hydrogen) atoms. The maximum atomic E-state index is 12.2. The number of aryl methyl sites for hydroxylation is 1. The Hall–Kier alpha value is -2.63. The lowest BCUT2D eigenvalue weighted by Crippen LogP contribution is -2.38. The predicted molar refractivity (Wildman–Crippen MR) is 75.3 cm³/mol. The number of H-pyrrole nitrogens is 1. The summed E-state index contributed by atoms with van der Waals surface area (Å²) >= 11 is 0. The molecule has 1 aromatic carbocycles. The number of carboxylic acid groups (broad SMARTS) is 1. The Bertz CT molecular complexity index is 676. The Morgan fingerprint density at radius 1 is 1.24 bits per heavy atom. The molecule has 1 aliphatic rings. The zero-order chi connectivity index (χ0) is 14.8. The second-order valence-electron chi connectivity index (χ2n) is 5.17. The first-order chi connectivity index (χ1) is 10.1. The molecule has 0 radical (unpaired) electrons. The van der Waals surface area contributed by atoms with Crippen molar-refractivity contribution >= 4 is 11.9 Å². The first kappa shape index (κ1) is 13.4. The lowest BCUT2D eigenvalue weighted by Gasteiger charge is -2.22. The topological polar surface area (TPSA) is 95.1 Å². The number of aromatic carboxylic acids is 1. The molecule has 6 nitrogen and oxygen atoms in total. The number of amides is 1. The molecule has 0 spiro atoms. The molecule has 0 saturated carbocycles. The summed E-state index contributed by atoms with van der Waals surface area (Å²) in [7, 11) is 0. The van der Waals surface area contributed by atoms with Crippen LogP contribution >= 0.6 is 0 Å². The minimum atomic E-state index is -0.999. The summed E-state index contributed by atoms with van der Waals surface area (Å²) in [5.74, 6) is -1.18. The van der Waals surface area contributed by atoms with Crippen molar-refractivity contribution in [2.24, 2.45) is 0 Å². The summed E-state index contributed by atoms with van der Waals surface area (Å²) in [6, 6.07) is 6.01. The van der Waals surface area contributed by atoms with Crippen molar-refractivity contribution < 1.29 is 14.7 Å². The third kappa shape index (κ3) is 2.79. The monoisotopic (exact) mass is 285 g/mol. The van der Waals surface area contributed by atoms with Crippen molar-refractivity contribution in [1.29, 1.82) is 0 Å². The summed E-state index contributed by atoms with van der Waals surface area (Å²) in [5, 5.41) is 18.8. The first-order valence-electron chi connectivity index (χ1n) is 6.79. The van der Waals surface area contributed by atoms with Gasteiger partial charge in [-0.1, -0.05) is 0 Å². The van der Waals surface area contributed by atoms with E-state index in [0.29, 0.717) is 5.56 Å². The zero-order valence-electron chi connectivity index (χ0n) is 11.3. The van der Waals surface area contributed by atoms with Crippen molar-refractivity contribution in [3.05, 3.63) is 52.8 Å². The number of aromatic nitrogens is 2. The largest absolute Gasteiger partial charge is 0.478 e. The molecule has 1 aliphatic carbocycles. The van der Waals surface area contributed by atoms with E-state index in [1.165, 1.54) is 29.8 Å². The smallest absolute Gasteiger partial charge is 0.335 e. The van der Waals surface area contributed by atoms with Gasteiger partial charge in [-0.3, -0.25) is 9.89 Å². The van der Waals surface area contributed by atoms with Crippen molar-refractivity contribution in [3.63, 3.8) is 0 Å². The average molecular weight is 285 g/mol. The summed E-state index contributed by atoms with van der Waals surface area (Å²) in [6.07, 6.45) is 4.35. The molecule has 108 valence electrons. The maximum absolute atomic E-state index is 12.2. The molecule has 3 N–H and O–H groups in total. The van der Waals surface area contributed by atoms with Crippen LogP contribution < -0.4 is 5.32 Å². The second kappa shape index (κ2) is 5.40. The number of hydrogen-bond donors (Lipinski definition) is 3. The van der Waals surface area contributed by atoms with E-state index >= 15 is 0 Å². The molecular formula is C15H15N3O3. The summed E-state index contributed by atoms with van der Waals surface area (Å²) in [4.78, 5) is 22.9. The van der Waals surface area contributed by atoms with E-state index in [4.69, 9.17) is 5.11 Å². The Morgan fingerprint density at radius 3 is 2.67 bits per heavy atom. The fourth-order valence-corrected chi connectivity index (χ4v) is 2.56. The Balaban J connectivity index is 1.65. The molecule has 1 aromatic heterocycles. The Labute approximate surface area is 121 Å². The molecule has 3 rings (SSSR count). The highest BCUT2D eigenvalue weighted by atomic mass is 16.4. The number of nitrogens with one attached hydrogen (secondary N) is 2. The number of fused-ring (bicyclic) bond motifs is 1. The van der Waals surface area contributed by atoms with Gasteiger partial charge in [0, 0.05) is 23.7 Å². The number of carbonyl (C=O) groups excluding carboxylic acids is 1. The van der Waals surface area contributed by atoms with Gasteiger partial charge in [0.15, 0.2) is 0 Å². The lowest BCUT2D eigenvalue weighted by atomic mass is 9.93. The highest BCUT2D eigenvalue weighted by molar-refractivity contribution is 5.96. The maximum Gasteiger partial charge on any atom is 0.335 e. The molecule has 2 aromatic rings. The van der Waals surface area contributed by atoms with Crippen LogP contribution in [0, 0.1) is 0 Å². The summed E-state index contributed by atoms with van der Waals surface area (Å²) in [5.41, 5.74) is 2.93. The fourth-order valence-electron chi connectivity index (χ4n) is 2.56. The van der Waals surface area contributed by atoms with Gasteiger partial charge in [0.05, 0.1) is 11.8 Å². The third-order valence-corrected chi connectivity index (χ3v) is 3.75. The van der Waals surface area contributed by atoms with Crippen LogP contribution in [0.15, 0.2) is 30.5 Å². The third-order valence-electron chi connectivity index (χ3n) is 3.75. The molecular weight excluding hydrogens is 270 g/mol. The van der Waals surface area contributed by atoms with Gasteiger partial charge in [-0.25, -0.2) is 4.79 Å². The van der Waals surface area contributed by atoms with Crippen LogP contribution in [0.5, 0.6) is 0 Å². The van der Waals surface area contributed by atoms with E-state index in [9.17, 15) is 9.59 Å². The zero-order valence-corrected chi connectivity index (χ0v) is 11.3. The van der Waals surface area contributed by atoms with Crippen LogP contribution in [-0.4, -0.2) is 33.2 Å². The number of benzene rings is 1. The number of rotatable bonds is 3. The van der Waals surface area contributed by atoms with Crippen LogP contribution in [-0.2, 0) is 12.8 Å². The molecule has 1 amide bonds. The van der Waals surface area contributed by atoms with E-state index in [1.54, 1.807) is 0 Å². The highest BCUT2D eigenvalue weighted by Gasteiger charge is 2.22. The van der Waals surface area contributed by atoms with E-state index in [-0.39, 0.29) is 17.5 Å². The Kier molecular flexibility index (Phi) is 3.43. The SMILES string of the molecule is O=C(O)c1ccc(C(=O)N[C@@H]2CCc3cn[nH]c3C2)cc1. The molecule has 0 fully saturated rings. The van der Waals surface area contributed by atoms with Gasteiger partial charge in [-0.15, -0.1) is 0 Å². The number of aromatic amines is 1. The van der Waals surface area contributed by atoms with Crippen molar-refractivity contribution in [3.8, 4) is 0 Å². The van der Waals surface area contributed by atoms with Gasteiger partial charge in [0.1, 0.15) is 0 Å². The van der Waals surface area contributed by atoms with E-state index in [2.05, 4.69) is 15.5 Å². The van der Waals surface area contributed by atoms with Crippen LogP contribution in [0.4, 0.5) is 0 Å². The average Bonchev–Trinajstić information content (AvgIpc) is 2.95. The van der Waals surface area contributed by atoms with Crippen LogP contribution in [0.1, 0.15) is 38.4 Å². The van der Waals surface area contributed by atoms with Crippen molar-refractivity contribution in [2.45, 2.75) is 25.3 Å². The highest BCUT2D eigenvalue weighted by Crippen LogP contribution is 2.19. The summed E-state index contributed by atoms with van der Waals surface area (Å²) in [6.45, 7) is 0. The number of carbonyl (C=O) groups is 2. The van der Waals surface area contributed by atoms with Gasteiger partial charge < -0.3 is 10.4 Å². The van der Waals surface area contributed by atoms with E-state index in [1.807, 2.05) is 6.20 Å². The molecule has 0 unspecified atom stereocenters. The van der Waals surface area contributed by atoms with E-state index < -0.39 is 5.97 Å². The molecule has 6 heteroatoms. The fraction of sp³-hybridized carbons (Fsp3) is 0.267. The molecule has 0 aliphatic heterocycles. The molecule has 0 bridgehead atoms. The minimum absolute atomic E-state index is 0.0737. The van der Waals surface area contributed by atoms with Gasteiger partial charge in [-0.05, 0) is 42.7 Å². The van der Waals surface area contributed by atoms with Gasteiger partial charge in [0.2, 0.25) is 0 Å². The lowest BCUT2D eigenvalue weighted by molar-refractivity contribution is 0.0696. The standard InChI is InChI=1S/C15H15N3O3/c19-14(9-1-3-10(4-2-9)15(20)21)17-12-6-5-11-8-16-18-13(11)7-12/h1-4,8,12H,5-7H2,(H,16,18)(H,17,19)(H,20,21)/t12-/m1/s1. The minimum Gasteiger partial charge on any atom is -0.478 e. The number of nitrogens with zero attached hydrogens (tertiary/aromatic N) is 1. The normalized spacial score (nSPS) is 17.0. The quantitative estimate of drug-likeness (QED) is 0.794. The van der Waals surface area contributed by atoms with Crippen molar-refractivity contribution in [2.75, 3.05) is 0 Å². The summed E-state index contributed by atoms with van der Waals surface area (Å²) < 4.78 is 0. The van der Waals surface area contributed by atoms with Crippen molar-refractivity contribution in [1.82, 2.24) is 15.5 Å². The van der Waals surface area contributed by atoms with Crippen LogP contribution in [0.3, 0.4) is 0 Å². The Morgan fingerprint density at radius 2 is 1.95 bits per heavy atom. The van der Waals surface area contributed by atoms with Gasteiger partial charge >= 0.3 is 5.97 Å². The number of carboxylic acids is 1. The second-order valence-corrected chi connectivity index (χ2v) is 5.17. The predicted octanol–water partition coefficient (Wildman–Crippen LogP) is 1.40. The molecule has 1 atom stereocenters. The van der Waals surface area contributed by atoms with Crippen LogP contribution in [0.25, 0.3) is 0 Å². The van der Waals surface area contributed by atoms with Gasteiger partial charge in [0.25, 0.3) is 5.91 Å². The van der Waals surface area contributed by atoms with E-state index in [0.717, 1.165) is 25.0 Å². The number of hydrogen-bond acceptors (Lipinski definition) is 3. The molecule has 1 heterocycles. The van der Waals surface area contributed by atoms with Gasteiger partial charge in [-0.2, -0.15) is 5.10 Å². The van der Waals surface area contributed by atoms with Crippen LogP contribution in [0.2, 0.25) is 0 Å².